The minimum Gasteiger partial charge on any atom is -0.367 e. The van der Waals surface area contributed by atoms with Gasteiger partial charge in [0.2, 0.25) is 0 Å². The predicted molar refractivity (Wildman–Crippen MR) is 85.2 cm³/mol. The van der Waals surface area contributed by atoms with Gasteiger partial charge in [0.05, 0.1) is 22.4 Å². The largest absolute Gasteiger partial charge is 0.367 e. The van der Waals surface area contributed by atoms with Gasteiger partial charge in [0.25, 0.3) is 5.91 Å². The normalized spacial score (nSPS) is 10.5. The number of carbonyl (C=O) groups is 1. The number of rotatable bonds is 4. The smallest absolute Gasteiger partial charge is 0.275 e. The number of hydrogen-bond donors (Lipinski definition) is 2. The molecule has 0 atom stereocenters. The third kappa shape index (κ3) is 4.31. The van der Waals surface area contributed by atoms with Gasteiger partial charge in [0.1, 0.15) is 11.5 Å². The van der Waals surface area contributed by atoms with Crippen molar-refractivity contribution in [1.29, 1.82) is 0 Å². The molecule has 0 aliphatic heterocycles. The maximum absolute atomic E-state index is 12.0. The van der Waals surface area contributed by atoms with E-state index in [-0.39, 0.29) is 17.6 Å². The SMILES string of the molecule is CC(C)Nc1cnc(C(=O)Nc2ccc(Cl)c(Cl)c2)cn1. The second-order valence-corrected chi connectivity index (χ2v) is 5.48. The van der Waals surface area contributed by atoms with Crippen molar-refractivity contribution in [2.24, 2.45) is 0 Å². The summed E-state index contributed by atoms with van der Waals surface area (Å²) < 4.78 is 0. The number of halogens is 2. The quantitative estimate of drug-likeness (QED) is 0.896. The summed E-state index contributed by atoms with van der Waals surface area (Å²) in [5.74, 6) is 0.257. The molecule has 0 bridgehead atoms. The molecule has 2 N–H and O–H groups in total. The van der Waals surface area contributed by atoms with Crippen molar-refractivity contribution in [3.05, 3.63) is 46.3 Å². The van der Waals surface area contributed by atoms with E-state index in [0.717, 1.165) is 0 Å². The lowest BCUT2D eigenvalue weighted by atomic mass is 10.3. The second-order valence-electron chi connectivity index (χ2n) is 4.67. The van der Waals surface area contributed by atoms with Gasteiger partial charge in [-0.25, -0.2) is 9.97 Å². The highest BCUT2D eigenvalue weighted by molar-refractivity contribution is 6.42. The zero-order chi connectivity index (χ0) is 15.4. The summed E-state index contributed by atoms with van der Waals surface area (Å²) in [5.41, 5.74) is 0.760. The first-order chi connectivity index (χ1) is 9.95. The van der Waals surface area contributed by atoms with E-state index in [1.165, 1.54) is 12.4 Å². The molecule has 0 unspecified atom stereocenters. The van der Waals surface area contributed by atoms with Crippen LogP contribution < -0.4 is 10.6 Å². The summed E-state index contributed by atoms with van der Waals surface area (Å²) in [7, 11) is 0. The first-order valence-electron chi connectivity index (χ1n) is 6.30. The Bertz CT molecular complexity index is 644. The van der Waals surface area contributed by atoms with E-state index in [1.54, 1.807) is 18.2 Å². The Morgan fingerprint density at radius 1 is 1.14 bits per heavy atom. The van der Waals surface area contributed by atoms with Crippen LogP contribution in [0.15, 0.2) is 30.6 Å². The number of nitrogens with one attached hydrogen (secondary N) is 2. The highest BCUT2D eigenvalue weighted by Crippen LogP contribution is 2.25. The Labute approximate surface area is 132 Å². The lowest BCUT2D eigenvalue weighted by molar-refractivity contribution is 0.102. The average molecular weight is 325 g/mol. The molecule has 1 aromatic carbocycles. The topological polar surface area (TPSA) is 66.9 Å². The van der Waals surface area contributed by atoms with Gasteiger partial charge < -0.3 is 10.6 Å². The molecule has 0 saturated carbocycles. The summed E-state index contributed by atoms with van der Waals surface area (Å²) in [6.45, 7) is 3.99. The van der Waals surface area contributed by atoms with E-state index >= 15 is 0 Å². The van der Waals surface area contributed by atoms with Gasteiger partial charge in [-0.15, -0.1) is 0 Å². The molecular weight excluding hydrogens is 311 g/mol. The summed E-state index contributed by atoms with van der Waals surface area (Å²) in [4.78, 5) is 20.2. The van der Waals surface area contributed by atoms with E-state index < -0.39 is 0 Å². The van der Waals surface area contributed by atoms with E-state index in [0.29, 0.717) is 21.6 Å². The molecule has 2 aromatic rings. The van der Waals surface area contributed by atoms with Gasteiger partial charge in [-0.2, -0.15) is 0 Å². The Kier molecular flexibility index (Phi) is 4.98. The maximum Gasteiger partial charge on any atom is 0.275 e. The van der Waals surface area contributed by atoms with Gasteiger partial charge in [0.15, 0.2) is 0 Å². The number of amides is 1. The number of aromatic nitrogens is 2. The van der Waals surface area contributed by atoms with Crippen LogP contribution in [-0.2, 0) is 0 Å². The monoisotopic (exact) mass is 324 g/mol. The van der Waals surface area contributed by atoms with Crippen molar-refractivity contribution >= 4 is 40.6 Å². The van der Waals surface area contributed by atoms with Crippen LogP contribution >= 0.6 is 23.2 Å². The Morgan fingerprint density at radius 3 is 2.48 bits per heavy atom. The van der Waals surface area contributed by atoms with Gasteiger partial charge >= 0.3 is 0 Å². The number of nitrogens with zero attached hydrogens (tertiary/aromatic N) is 2. The van der Waals surface area contributed by atoms with Gasteiger partial charge in [-0.1, -0.05) is 23.2 Å². The lowest BCUT2D eigenvalue weighted by Crippen LogP contribution is -2.16. The molecule has 0 spiro atoms. The van der Waals surface area contributed by atoms with Crippen LogP contribution in [0.2, 0.25) is 10.0 Å². The number of hydrogen-bond acceptors (Lipinski definition) is 4. The maximum atomic E-state index is 12.0. The fourth-order valence-electron chi connectivity index (χ4n) is 1.58. The molecule has 21 heavy (non-hydrogen) atoms. The van der Waals surface area contributed by atoms with Crippen LogP contribution in [0.25, 0.3) is 0 Å². The molecule has 0 radical (unpaired) electrons. The minimum absolute atomic E-state index is 0.218. The highest BCUT2D eigenvalue weighted by atomic mass is 35.5. The number of anilines is 2. The first kappa shape index (κ1) is 15.5. The molecular formula is C14H14Cl2N4O. The summed E-state index contributed by atoms with van der Waals surface area (Å²) in [6.07, 6.45) is 2.93. The Morgan fingerprint density at radius 2 is 1.90 bits per heavy atom. The molecule has 1 aromatic heterocycles. The highest BCUT2D eigenvalue weighted by Gasteiger charge is 2.09. The summed E-state index contributed by atoms with van der Waals surface area (Å²) >= 11 is 11.7. The van der Waals surface area contributed by atoms with Crippen molar-refractivity contribution in [1.82, 2.24) is 9.97 Å². The van der Waals surface area contributed by atoms with E-state index in [4.69, 9.17) is 23.2 Å². The second kappa shape index (κ2) is 6.74. The molecule has 2 rings (SSSR count). The van der Waals surface area contributed by atoms with E-state index in [2.05, 4.69) is 20.6 Å². The van der Waals surface area contributed by atoms with E-state index in [1.807, 2.05) is 13.8 Å². The van der Waals surface area contributed by atoms with Crippen molar-refractivity contribution in [2.45, 2.75) is 19.9 Å². The molecule has 110 valence electrons. The van der Waals surface area contributed by atoms with E-state index in [9.17, 15) is 4.79 Å². The van der Waals surface area contributed by atoms with Crippen molar-refractivity contribution in [3.8, 4) is 0 Å². The van der Waals surface area contributed by atoms with Crippen LogP contribution in [-0.4, -0.2) is 21.9 Å². The molecule has 7 heteroatoms. The van der Waals surface area contributed by atoms with Crippen molar-refractivity contribution in [3.63, 3.8) is 0 Å². The van der Waals surface area contributed by atoms with Gasteiger partial charge in [-0.05, 0) is 32.0 Å². The third-order valence-electron chi connectivity index (χ3n) is 2.50. The molecule has 1 amide bonds. The minimum atomic E-state index is -0.364. The fraction of sp³-hybridized carbons (Fsp3) is 0.214. The van der Waals surface area contributed by atoms with Gasteiger partial charge in [-0.3, -0.25) is 4.79 Å². The summed E-state index contributed by atoms with van der Waals surface area (Å²) in [6, 6.07) is 5.09. The standard InChI is InChI=1S/C14H14Cl2N4O/c1-8(2)19-13-7-17-12(6-18-13)14(21)20-9-3-4-10(15)11(16)5-9/h3-8H,1-2H3,(H,18,19)(H,20,21). The zero-order valence-corrected chi connectivity index (χ0v) is 13.0. The average Bonchev–Trinajstić information content (AvgIpc) is 2.43. The molecule has 5 nitrogen and oxygen atoms in total. The molecule has 1 heterocycles. The van der Waals surface area contributed by atoms with Crippen molar-refractivity contribution in [2.75, 3.05) is 10.6 Å². The van der Waals surface area contributed by atoms with Crippen molar-refractivity contribution < 1.29 is 4.79 Å². The van der Waals surface area contributed by atoms with Gasteiger partial charge in [0, 0.05) is 11.7 Å². The molecule has 0 saturated heterocycles. The zero-order valence-electron chi connectivity index (χ0n) is 11.5. The summed E-state index contributed by atoms with van der Waals surface area (Å²) in [5, 5.41) is 6.58. The van der Waals surface area contributed by atoms with Crippen LogP contribution in [0.3, 0.4) is 0 Å². The van der Waals surface area contributed by atoms with Crippen LogP contribution in [0, 0.1) is 0 Å². The Balaban J connectivity index is 2.07. The number of benzene rings is 1. The molecule has 0 fully saturated rings. The predicted octanol–water partition coefficient (Wildman–Crippen LogP) is 3.86. The number of carbonyl (C=O) groups excluding carboxylic acids is 1. The lowest BCUT2D eigenvalue weighted by Gasteiger charge is -2.09. The third-order valence-corrected chi connectivity index (χ3v) is 3.24. The first-order valence-corrected chi connectivity index (χ1v) is 7.06. The van der Waals surface area contributed by atoms with Crippen LogP contribution in [0.5, 0.6) is 0 Å². The fourth-order valence-corrected chi connectivity index (χ4v) is 1.88. The van der Waals surface area contributed by atoms with Crippen LogP contribution in [0.4, 0.5) is 11.5 Å². The molecule has 0 aliphatic rings. The Hall–Kier alpha value is -1.85. The van der Waals surface area contributed by atoms with Crippen LogP contribution in [0.1, 0.15) is 24.3 Å². The molecule has 0 aliphatic carbocycles.